The van der Waals surface area contributed by atoms with E-state index in [1.54, 1.807) is 6.92 Å². The lowest BCUT2D eigenvalue weighted by molar-refractivity contribution is -0.386. The van der Waals surface area contributed by atoms with Crippen LogP contribution in [-0.2, 0) is 4.79 Å². The molecular weight excluding hydrogens is 238 g/mol. The first-order valence-electron chi connectivity index (χ1n) is 4.20. The van der Waals surface area contributed by atoms with E-state index in [0.717, 1.165) is 6.07 Å². The van der Waals surface area contributed by atoms with Gasteiger partial charge in [-0.1, -0.05) is 11.6 Å². The summed E-state index contributed by atoms with van der Waals surface area (Å²) >= 11 is 5.69. The Bertz CT molecular complexity index is 459. The van der Waals surface area contributed by atoms with Gasteiger partial charge in [0.1, 0.15) is 0 Å². The standard InChI is InChI=1S/C9H8ClNO5/c1-4-2-5(10)7(8(12)9(13)14)6(3-4)11(15)16/h2-3,8,12H,1H3,(H,13,14). The number of aliphatic carboxylic acids is 1. The summed E-state index contributed by atoms with van der Waals surface area (Å²) in [6, 6.07) is 2.52. The number of carboxylic acids is 1. The number of aliphatic hydroxyl groups is 1. The van der Waals surface area contributed by atoms with E-state index in [1.807, 2.05) is 0 Å². The predicted molar refractivity (Wildman–Crippen MR) is 55.4 cm³/mol. The Morgan fingerprint density at radius 2 is 2.12 bits per heavy atom. The van der Waals surface area contributed by atoms with Crippen LogP contribution in [0.1, 0.15) is 17.2 Å². The number of aliphatic hydroxyl groups excluding tert-OH is 1. The van der Waals surface area contributed by atoms with Crippen LogP contribution in [0.15, 0.2) is 12.1 Å². The average molecular weight is 246 g/mol. The van der Waals surface area contributed by atoms with E-state index in [2.05, 4.69) is 0 Å². The molecule has 0 bridgehead atoms. The summed E-state index contributed by atoms with van der Waals surface area (Å²) in [7, 11) is 0. The normalized spacial score (nSPS) is 12.2. The molecule has 0 aliphatic carbocycles. The number of carboxylic acid groups (broad SMARTS) is 1. The minimum atomic E-state index is -2.01. The van der Waals surface area contributed by atoms with Crippen LogP contribution in [0.3, 0.4) is 0 Å². The quantitative estimate of drug-likeness (QED) is 0.623. The monoisotopic (exact) mass is 245 g/mol. The maximum Gasteiger partial charge on any atom is 0.337 e. The maximum atomic E-state index is 10.7. The van der Waals surface area contributed by atoms with E-state index < -0.39 is 28.2 Å². The van der Waals surface area contributed by atoms with Gasteiger partial charge in [0.2, 0.25) is 0 Å². The fourth-order valence-corrected chi connectivity index (χ4v) is 1.65. The molecule has 0 fully saturated rings. The highest BCUT2D eigenvalue weighted by atomic mass is 35.5. The second-order valence-electron chi connectivity index (χ2n) is 3.18. The molecule has 0 amide bonds. The Morgan fingerprint density at radius 1 is 1.56 bits per heavy atom. The molecule has 0 aliphatic rings. The van der Waals surface area contributed by atoms with Crippen molar-refractivity contribution in [1.29, 1.82) is 0 Å². The van der Waals surface area contributed by atoms with E-state index in [-0.39, 0.29) is 5.02 Å². The molecular formula is C9H8ClNO5. The molecule has 1 unspecified atom stereocenters. The van der Waals surface area contributed by atoms with Crippen molar-refractivity contribution in [2.24, 2.45) is 0 Å². The molecule has 7 heteroatoms. The summed E-state index contributed by atoms with van der Waals surface area (Å²) < 4.78 is 0. The lowest BCUT2D eigenvalue weighted by Crippen LogP contribution is -2.13. The Kier molecular flexibility index (Phi) is 3.46. The first-order valence-corrected chi connectivity index (χ1v) is 4.57. The predicted octanol–water partition coefficient (Wildman–Crippen LogP) is 1.67. The van der Waals surface area contributed by atoms with Gasteiger partial charge in [-0.2, -0.15) is 0 Å². The van der Waals surface area contributed by atoms with E-state index in [4.69, 9.17) is 16.7 Å². The zero-order valence-electron chi connectivity index (χ0n) is 8.18. The van der Waals surface area contributed by atoms with Gasteiger partial charge in [-0.05, 0) is 18.6 Å². The fourth-order valence-electron chi connectivity index (χ4n) is 1.28. The summed E-state index contributed by atoms with van der Waals surface area (Å²) in [5, 5.41) is 28.5. The number of hydrogen-bond donors (Lipinski definition) is 2. The lowest BCUT2D eigenvalue weighted by Gasteiger charge is -2.09. The number of nitro benzene ring substituents is 1. The molecule has 0 saturated heterocycles. The Morgan fingerprint density at radius 3 is 2.56 bits per heavy atom. The second kappa shape index (κ2) is 4.46. The molecule has 0 aliphatic heterocycles. The molecule has 1 aromatic rings. The molecule has 0 aromatic heterocycles. The van der Waals surface area contributed by atoms with Crippen molar-refractivity contribution < 1.29 is 19.9 Å². The Labute approximate surface area is 95.2 Å². The first kappa shape index (κ1) is 12.4. The van der Waals surface area contributed by atoms with Crippen molar-refractivity contribution in [2.75, 3.05) is 0 Å². The number of carbonyl (C=O) groups is 1. The van der Waals surface area contributed by atoms with Gasteiger partial charge in [-0.15, -0.1) is 0 Å². The molecule has 1 aromatic carbocycles. The van der Waals surface area contributed by atoms with Crippen molar-refractivity contribution in [3.05, 3.63) is 38.4 Å². The molecule has 16 heavy (non-hydrogen) atoms. The smallest absolute Gasteiger partial charge is 0.337 e. The van der Waals surface area contributed by atoms with Crippen molar-refractivity contribution in [3.63, 3.8) is 0 Å². The number of benzene rings is 1. The zero-order chi connectivity index (χ0) is 12.5. The van der Waals surface area contributed by atoms with Gasteiger partial charge >= 0.3 is 5.97 Å². The topological polar surface area (TPSA) is 101 Å². The zero-order valence-corrected chi connectivity index (χ0v) is 8.93. The van der Waals surface area contributed by atoms with Gasteiger partial charge in [0.05, 0.1) is 15.5 Å². The fraction of sp³-hybridized carbons (Fsp3) is 0.222. The highest BCUT2D eigenvalue weighted by molar-refractivity contribution is 6.32. The van der Waals surface area contributed by atoms with Crippen molar-refractivity contribution in [2.45, 2.75) is 13.0 Å². The Balaban J connectivity index is 3.46. The summed E-state index contributed by atoms with van der Waals surface area (Å²) in [4.78, 5) is 20.5. The third-order valence-corrected chi connectivity index (χ3v) is 2.27. The van der Waals surface area contributed by atoms with Gasteiger partial charge in [0, 0.05) is 6.07 Å². The molecule has 86 valence electrons. The second-order valence-corrected chi connectivity index (χ2v) is 3.58. The van der Waals surface area contributed by atoms with Crippen LogP contribution in [0.4, 0.5) is 5.69 Å². The van der Waals surface area contributed by atoms with Gasteiger partial charge in [-0.25, -0.2) is 4.79 Å². The molecule has 6 nitrogen and oxygen atoms in total. The highest BCUT2D eigenvalue weighted by Gasteiger charge is 2.28. The first-order chi connectivity index (χ1) is 7.34. The summed E-state index contributed by atoms with van der Waals surface area (Å²) in [5.74, 6) is -1.59. The molecule has 1 rings (SSSR count). The summed E-state index contributed by atoms with van der Waals surface area (Å²) in [5.41, 5.74) is -0.386. The number of nitro groups is 1. The third kappa shape index (κ3) is 2.29. The van der Waals surface area contributed by atoms with Crippen LogP contribution in [0.2, 0.25) is 5.02 Å². The van der Waals surface area contributed by atoms with E-state index in [1.165, 1.54) is 6.07 Å². The van der Waals surface area contributed by atoms with E-state index in [0.29, 0.717) is 5.56 Å². The SMILES string of the molecule is Cc1cc(Cl)c(C(O)C(=O)O)c([N+](=O)[O-])c1. The van der Waals surface area contributed by atoms with Crippen LogP contribution in [-0.4, -0.2) is 21.1 Å². The minimum absolute atomic E-state index is 0.137. The third-order valence-electron chi connectivity index (χ3n) is 1.96. The molecule has 2 N–H and O–H groups in total. The van der Waals surface area contributed by atoms with Crippen LogP contribution in [0.5, 0.6) is 0 Å². The minimum Gasteiger partial charge on any atom is -0.479 e. The van der Waals surface area contributed by atoms with Gasteiger partial charge in [-0.3, -0.25) is 10.1 Å². The number of aryl methyl sites for hydroxylation is 1. The van der Waals surface area contributed by atoms with Crippen LogP contribution < -0.4 is 0 Å². The lowest BCUT2D eigenvalue weighted by atomic mass is 10.0. The van der Waals surface area contributed by atoms with Crippen LogP contribution in [0.25, 0.3) is 0 Å². The number of halogens is 1. The molecule has 0 heterocycles. The molecule has 0 saturated carbocycles. The number of nitrogens with zero attached hydrogens (tertiary/aromatic N) is 1. The van der Waals surface area contributed by atoms with Crippen LogP contribution in [0, 0.1) is 17.0 Å². The number of hydrogen-bond acceptors (Lipinski definition) is 4. The van der Waals surface area contributed by atoms with Crippen molar-refractivity contribution in [1.82, 2.24) is 0 Å². The maximum absolute atomic E-state index is 10.7. The van der Waals surface area contributed by atoms with E-state index >= 15 is 0 Å². The largest absolute Gasteiger partial charge is 0.479 e. The van der Waals surface area contributed by atoms with Crippen molar-refractivity contribution >= 4 is 23.3 Å². The molecule has 0 radical (unpaired) electrons. The number of rotatable bonds is 3. The van der Waals surface area contributed by atoms with Crippen LogP contribution >= 0.6 is 11.6 Å². The van der Waals surface area contributed by atoms with Gasteiger partial charge in [0.15, 0.2) is 6.10 Å². The molecule has 0 spiro atoms. The average Bonchev–Trinajstić information content (AvgIpc) is 2.15. The Hall–Kier alpha value is -1.66. The summed E-state index contributed by atoms with van der Waals surface area (Å²) in [6.07, 6.45) is -2.01. The van der Waals surface area contributed by atoms with Gasteiger partial charge in [0.25, 0.3) is 5.69 Å². The molecule has 1 atom stereocenters. The van der Waals surface area contributed by atoms with Gasteiger partial charge < -0.3 is 10.2 Å². The summed E-state index contributed by atoms with van der Waals surface area (Å²) in [6.45, 7) is 1.58. The van der Waals surface area contributed by atoms with E-state index in [9.17, 15) is 20.0 Å². The van der Waals surface area contributed by atoms with Crippen molar-refractivity contribution in [3.8, 4) is 0 Å². The highest BCUT2D eigenvalue weighted by Crippen LogP contribution is 2.33.